The second kappa shape index (κ2) is 9.81. The van der Waals surface area contributed by atoms with Crippen molar-refractivity contribution in [2.45, 2.75) is 39.1 Å². The Bertz CT molecular complexity index is 1620. The molecule has 1 aliphatic heterocycles. The molecule has 1 aliphatic rings. The van der Waals surface area contributed by atoms with Gasteiger partial charge < -0.3 is 14.8 Å². The van der Waals surface area contributed by atoms with Crippen molar-refractivity contribution in [1.82, 2.24) is 14.9 Å². The molecule has 1 saturated heterocycles. The summed E-state index contributed by atoms with van der Waals surface area (Å²) in [7, 11) is -3.14. The molecule has 1 aromatic heterocycles. The first-order chi connectivity index (χ1) is 20.6. The minimum atomic E-state index is -3.53. The van der Waals surface area contributed by atoms with Crippen LogP contribution in [-0.4, -0.2) is 47.0 Å². The third kappa shape index (κ3) is 5.55. The summed E-state index contributed by atoms with van der Waals surface area (Å²) in [6.07, 6.45) is -5.81. The van der Waals surface area contributed by atoms with Gasteiger partial charge in [-0.15, -0.1) is 0 Å². The summed E-state index contributed by atoms with van der Waals surface area (Å²) in [6.45, 7) is -6.00. The number of hydrogen-bond donors (Lipinski definition) is 1. The summed E-state index contributed by atoms with van der Waals surface area (Å²) >= 11 is 3.16. The van der Waals surface area contributed by atoms with Crippen LogP contribution >= 0.6 is 15.9 Å². The maximum Gasteiger partial charge on any atom is 0.163 e. The molecular weight excluding hydrogens is 487 g/mol. The van der Waals surface area contributed by atoms with Crippen molar-refractivity contribution in [3.8, 4) is 11.5 Å². The molecular formula is C25H30BrFN4O2. The van der Waals surface area contributed by atoms with Crippen LogP contribution in [0.3, 0.4) is 0 Å². The Labute approximate surface area is 220 Å². The molecule has 33 heavy (non-hydrogen) atoms. The van der Waals surface area contributed by atoms with Gasteiger partial charge in [0.15, 0.2) is 11.5 Å². The number of ether oxygens (including phenoxy) is 2. The highest BCUT2D eigenvalue weighted by atomic mass is 79.9. The molecule has 0 saturated carbocycles. The molecule has 0 amide bonds. The van der Waals surface area contributed by atoms with Gasteiger partial charge in [0.1, 0.15) is 18.0 Å². The molecule has 3 aromatic rings. The maximum absolute atomic E-state index is 14.6. The zero-order valence-corrected chi connectivity index (χ0v) is 19.5. The summed E-state index contributed by atoms with van der Waals surface area (Å²) < 4.78 is 135. The van der Waals surface area contributed by atoms with Crippen LogP contribution in [0.4, 0.5) is 15.9 Å². The number of halogens is 2. The van der Waals surface area contributed by atoms with E-state index < -0.39 is 68.1 Å². The van der Waals surface area contributed by atoms with E-state index in [0.29, 0.717) is 9.37 Å². The van der Waals surface area contributed by atoms with Crippen LogP contribution < -0.4 is 14.8 Å². The van der Waals surface area contributed by atoms with Gasteiger partial charge in [-0.1, -0.05) is 15.9 Å². The molecule has 0 unspecified atom stereocenters. The minimum Gasteiger partial charge on any atom is -0.493 e. The first-order valence-electron chi connectivity index (χ1n) is 16.3. The molecule has 2 heterocycles. The van der Waals surface area contributed by atoms with Gasteiger partial charge in [0.05, 0.1) is 31.7 Å². The van der Waals surface area contributed by atoms with Gasteiger partial charge in [0.25, 0.3) is 0 Å². The Morgan fingerprint density at radius 1 is 1.24 bits per heavy atom. The first kappa shape index (κ1) is 12.3. The largest absolute Gasteiger partial charge is 0.493 e. The molecule has 1 fully saturated rings. The van der Waals surface area contributed by atoms with E-state index in [9.17, 15) is 4.39 Å². The van der Waals surface area contributed by atoms with Crippen molar-refractivity contribution in [2.24, 2.45) is 5.92 Å². The molecule has 0 radical (unpaired) electrons. The van der Waals surface area contributed by atoms with E-state index >= 15 is 0 Å². The van der Waals surface area contributed by atoms with E-state index in [1.807, 2.05) is 0 Å². The number of aromatic nitrogens is 2. The zero-order chi connectivity index (χ0) is 35.1. The number of fused-ring (bicyclic) bond motifs is 1. The Morgan fingerprint density at radius 2 is 2.03 bits per heavy atom. The van der Waals surface area contributed by atoms with Crippen LogP contribution in [0.5, 0.6) is 11.5 Å². The van der Waals surface area contributed by atoms with E-state index in [1.54, 1.807) is 6.07 Å². The summed E-state index contributed by atoms with van der Waals surface area (Å²) in [6, 6.07) is 6.22. The smallest absolute Gasteiger partial charge is 0.163 e. The Balaban J connectivity index is 1.87. The van der Waals surface area contributed by atoms with Gasteiger partial charge in [0, 0.05) is 32.4 Å². The van der Waals surface area contributed by atoms with Gasteiger partial charge in [0.2, 0.25) is 0 Å². The molecule has 1 N–H and O–H groups in total. The van der Waals surface area contributed by atoms with Crippen LogP contribution in [0, 0.1) is 11.7 Å². The van der Waals surface area contributed by atoms with Crippen LogP contribution in [0.2, 0.25) is 0 Å². The highest BCUT2D eigenvalue weighted by molar-refractivity contribution is 9.10. The zero-order valence-electron chi connectivity index (χ0n) is 31.0. The second-order valence-corrected chi connectivity index (χ2v) is 8.98. The lowest BCUT2D eigenvalue weighted by Gasteiger charge is -2.40. The van der Waals surface area contributed by atoms with Crippen LogP contribution in [0.25, 0.3) is 10.9 Å². The SMILES string of the molecule is [2H]C([2H])([2H])Oc1cc2c(Nc3ccc(Br)cc3F)ncnc2cc1OC([2H])([2H])C1C([2H])([2H])C([2H])([2H])N(C(C)(C)C)C([2H])([2H])C1([2H])[2H]. The van der Waals surface area contributed by atoms with E-state index in [0.717, 1.165) is 18.5 Å². The summed E-state index contributed by atoms with van der Waals surface area (Å²) in [4.78, 5) is 8.56. The molecule has 0 bridgehead atoms. The predicted octanol–water partition coefficient (Wildman–Crippen LogP) is 6.17. The highest BCUT2D eigenvalue weighted by Gasteiger charge is 2.27. The van der Waals surface area contributed by atoms with Crippen molar-refractivity contribution < 1.29 is 31.7 Å². The second-order valence-electron chi connectivity index (χ2n) is 8.06. The normalized spacial score (nSPS) is 28.3. The van der Waals surface area contributed by atoms with E-state index in [2.05, 4.69) is 31.2 Å². The molecule has 0 aliphatic carbocycles. The number of likely N-dealkylation sites (tertiary alicyclic amines) is 1. The molecule has 6 nitrogen and oxygen atoms in total. The summed E-state index contributed by atoms with van der Waals surface area (Å²) in [5.41, 5.74) is -1.48. The van der Waals surface area contributed by atoms with Gasteiger partial charge in [-0.25, -0.2) is 14.4 Å². The number of methoxy groups -OCH3 is 1. The van der Waals surface area contributed by atoms with Gasteiger partial charge in [-0.3, -0.25) is 4.90 Å². The van der Waals surface area contributed by atoms with Gasteiger partial charge in [-0.2, -0.15) is 0 Å². The van der Waals surface area contributed by atoms with E-state index in [1.165, 1.54) is 32.9 Å². The van der Waals surface area contributed by atoms with Crippen molar-refractivity contribution in [3.05, 3.63) is 46.9 Å². The fourth-order valence-electron chi connectivity index (χ4n) is 2.88. The molecule has 176 valence electrons. The van der Waals surface area contributed by atoms with E-state index in [-0.39, 0.29) is 22.4 Å². The third-order valence-electron chi connectivity index (χ3n) is 4.59. The Kier molecular flexibility index (Phi) is 3.66. The topological polar surface area (TPSA) is 59.5 Å². The summed E-state index contributed by atoms with van der Waals surface area (Å²) in [5.74, 6) is -4.78. The Morgan fingerprint density at radius 3 is 2.73 bits per heavy atom. The number of hydrogen-bond acceptors (Lipinski definition) is 6. The monoisotopic (exact) mass is 529 g/mol. The third-order valence-corrected chi connectivity index (χ3v) is 5.09. The van der Waals surface area contributed by atoms with Crippen LogP contribution in [0.1, 0.15) is 51.3 Å². The quantitative estimate of drug-likeness (QED) is 0.411. The number of anilines is 2. The lowest BCUT2D eigenvalue weighted by atomic mass is 9.93. The van der Waals surface area contributed by atoms with Crippen molar-refractivity contribution >= 4 is 38.3 Å². The van der Waals surface area contributed by atoms with Crippen LogP contribution in [-0.2, 0) is 0 Å². The van der Waals surface area contributed by atoms with Crippen molar-refractivity contribution in [1.29, 1.82) is 0 Å². The fourth-order valence-corrected chi connectivity index (χ4v) is 3.21. The number of benzene rings is 2. The molecule has 4 rings (SSSR count). The average molecular weight is 531 g/mol. The van der Waals surface area contributed by atoms with E-state index in [4.69, 9.17) is 27.3 Å². The minimum absolute atomic E-state index is 0.00671. The lowest BCUT2D eigenvalue weighted by molar-refractivity contribution is 0.0716. The number of nitrogens with zero attached hydrogens (tertiary/aromatic N) is 3. The maximum atomic E-state index is 14.6. The molecule has 2 aromatic carbocycles. The first-order valence-corrected chi connectivity index (χ1v) is 10.6. The average Bonchev–Trinajstić information content (AvgIpc) is 2.82. The van der Waals surface area contributed by atoms with Gasteiger partial charge >= 0.3 is 0 Å². The van der Waals surface area contributed by atoms with Gasteiger partial charge in [-0.05, 0) is 76.7 Å². The highest BCUT2D eigenvalue weighted by Crippen LogP contribution is 2.36. The van der Waals surface area contributed by atoms with Crippen molar-refractivity contribution in [3.63, 3.8) is 0 Å². The molecule has 0 spiro atoms. The predicted molar refractivity (Wildman–Crippen MR) is 133 cm³/mol. The summed E-state index contributed by atoms with van der Waals surface area (Å²) in [5, 5.41) is 2.83. The Hall–Kier alpha value is -2.45. The molecule has 8 heteroatoms. The number of rotatable bonds is 6. The van der Waals surface area contributed by atoms with Crippen molar-refractivity contribution in [2.75, 3.05) is 31.9 Å². The molecule has 0 atom stereocenters. The fraction of sp³-hybridized carbons (Fsp3) is 0.440. The standard InChI is InChI=1S/C25H30BrFN4O2/c1-25(2,3)31-9-7-16(8-10-31)14-33-23-13-21-18(12-22(23)32-4)24(29-15-28-21)30-20-6-5-17(26)11-19(20)27/h5-6,11-13,15-16H,7-10,14H2,1-4H3,(H,28,29,30)/i4D3,7D2,8D2,9D2,10D2,14D2. The number of piperidine rings is 1. The van der Waals surface area contributed by atoms with Crippen LogP contribution in [0.15, 0.2) is 41.1 Å². The number of nitrogens with one attached hydrogen (secondary N) is 1. The lowest BCUT2D eigenvalue weighted by Crippen LogP contribution is -2.46.